The van der Waals surface area contributed by atoms with Gasteiger partial charge in [-0.25, -0.2) is 4.79 Å². The van der Waals surface area contributed by atoms with E-state index in [1.807, 2.05) is 61.5 Å². The van der Waals surface area contributed by atoms with Crippen LogP contribution in [0.4, 0.5) is 0 Å². The molecule has 0 radical (unpaired) electrons. The normalized spacial score (nSPS) is 11.5. The van der Waals surface area contributed by atoms with Crippen molar-refractivity contribution in [3.05, 3.63) is 94.0 Å². The number of hydrogen-bond donors (Lipinski definition) is 0. The van der Waals surface area contributed by atoms with Crippen LogP contribution in [0.1, 0.15) is 43.0 Å². The third-order valence-corrected chi connectivity index (χ3v) is 5.31. The summed E-state index contributed by atoms with van der Waals surface area (Å²) in [6.07, 6.45) is 3.11. The molecule has 172 valence electrons. The Morgan fingerprint density at radius 1 is 0.939 bits per heavy atom. The standard InChI is InChI=1S/C28H29ClO4/c1-19-6-13-24(23(16-19)28(2,3)4)33-27(30)15-10-20-9-14-25(26(17-20)31-5)32-18-21-7-11-22(29)12-8-21/h6-17H,18H2,1-5H3/b15-10+. The van der Waals surface area contributed by atoms with Crippen LogP contribution in [0.2, 0.25) is 5.02 Å². The van der Waals surface area contributed by atoms with Crippen LogP contribution in [0.5, 0.6) is 17.2 Å². The molecule has 0 aromatic heterocycles. The maximum Gasteiger partial charge on any atom is 0.336 e. The average Bonchev–Trinajstić information content (AvgIpc) is 2.78. The molecule has 33 heavy (non-hydrogen) atoms. The van der Waals surface area contributed by atoms with Gasteiger partial charge in [0.25, 0.3) is 0 Å². The number of carbonyl (C=O) groups excluding carboxylic acids is 1. The van der Waals surface area contributed by atoms with Crippen molar-refractivity contribution >= 4 is 23.6 Å². The Bertz CT molecular complexity index is 1140. The lowest BCUT2D eigenvalue weighted by atomic mass is 9.85. The highest BCUT2D eigenvalue weighted by Gasteiger charge is 2.20. The molecule has 0 unspecified atom stereocenters. The van der Waals surface area contributed by atoms with Crippen LogP contribution in [0.25, 0.3) is 6.08 Å². The summed E-state index contributed by atoms with van der Waals surface area (Å²) < 4.78 is 17.0. The van der Waals surface area contributed by atoms with Gasteiger partial charge in [-0.3, -0.25) is 0 Å². The minimum atomic E-state index is -0.439. The van der Waals surface area contributed by atoms with Gasteiger partial charge in [-0.2, -0.15) is 0 Å². The van der Waals surface area contributed by atoms with Crippen LogP contribution in [0.3, 0.4) is 0 Å². The first-order chi connectivity index (χ1) is 15.7. The van der Waals surface area contributed by atoms with E-state index in [1.54, 1.807) is 13.2 Å². The van der Waals surface area contributed by atoms with Gasteiger partial charge in [0, 0.05) is 16.7 Å². The van der Waals surface area contributed by atoms with Gasteiger partial charge in [0.05, 0.1) is 7.11 Å². The van der Waals surface area contributed by atoms with E-state index < -0.39 is 5.97 Å². The molecule has 0 bridgehead atoms. The average molecular weight is 465 g/mol. The van der Waals surface area contributed by atoms with E-state index in [0.29, 0.717) is 28.9 Å². The predicted octanol–water partition coefficient (Wildman–Crippen LogP) is 7.15. The van der Waals surface area contributed by atoms with E-state index in [9.17, 15) is 4.79 Å². The molecule has 3 aromatic carbocycles. The second-order valence-electron chi connectivity index (χ2n) is 8.83. The summed E-state index contributed by atoms with van der Waals surface area (Å²) >= 11 is 5.92. The minimum absolute atomic E-state index is 0.138. The van der Waals surface area contributed by atoms with E-state index >= 15 is 0 Å². The van der Waals surface area contributed by atoms with Gasteiger partial charge in [0.1, 0.15) is 12.4 Å². The number of halogens is 1. The fraction of sp³-hybridized carbons (Fsp3) is 0.250. The molecule has 0 N–H and O–H groups in total. The summed E-state index contributed by atoms with van der Waals surface area (Å²) in [6.45, 7) is 8.70. The molecule has 0 aliphatic rings. The van der Waals surface area contributed by atoms with E-state index in [0.717, 1.165) is 22.3 Å². The van der Waals surface area contributed by atoms with E-state index in [4.69, 9.17) is 25.8 Å². The number of methoxy groups -OCH3 is 1. The first-order valence-electron chi connectivity index (χ1n) is 10.7. The number of ether oxygens (including phenoxy) is 3. The zero-order valence-electron chi connectivity index (χ0n) is 19.6. The van der Waals surface area contributed by atoms with Crippen molar-refractivity contribution in [1.29, 1.82) is 0 Å². The molecular weight excluding hydrogens is 436 g/mol. The van der Waals surface area contributed by atoms with Gasteiger partial charge < -0.3 is 14.2 Å². The van der Waals surface area contributed by atoms with Gasteiger partial charge in [-0.1, -0.05) is 68.3 Å². The molecule has 0 spiro atoms. The van der Waals surface area contributed by atoms with Crippen LogP contribution in [0.15, 0.2) is 66.7 Å². The lowest BCUT2D eigenvalue weighted by molar-refractivity contribution is -0.129. The number of rotatable bonds is 7. The van der Waals surface area contributed by atoms with Gasteiger partial charge in [-0.05, 0) is 59.9 Å². The second-order valence-corrected chi connectivity index (χ2v) is 9.27. The molecule has 3 rings (SSSR count). The molecule has 4 nitrogen and oxygen atoms in total. The van der Waals surface area contributed by atoms with Crippen LogP contribution >= 0.6 is 11.6 Å². The zero-order valence-corrected chi connectivity index (χ0v) is 20.4. The largest absolute Gasteiger partial charge is 0.493 e. The van der Waals surface area contributed by atoms with Crippen molar-refractivity contribution < 1.29 is 19.0 Å². The molecular formula is C28H29ClO4. The Labute approximate surface area is 200 Å². The van der Waals surface area contributed by atoms with Gasteiger partial charge in [0.15, 0.2) is 11.5 Å². The summed E-state index contributed by atoms with van der Waals surface area (Å²) in [7, 11) is 1.58. The van der Waals surface area contributed by atoms with E-state index in [1.165, 1.54) is 6.08 Å². The summed E-state index contributed by atoms with van der Waals surface area (Å²) in [5.41, 5.74) is 3.77. The number of carbonyl (C=O) groups is 1. The molecule has 0 fully saturated rings. The third-order valence-electron chi connectivity index (χ3n) is 5.06. The summed E-state index contributed by atoms with van der Waals surface area (Å²) in [6, 6.07) is 18.8. The summed E-state index contributed by atoms with van der Waals surface area (Å²) in [5.74, 6) is 1.33. The number of esters is 1. The Hall–Kier alpha value is -3.24. The van der Waals surface area contributed by atoms with Gasteiger partial charge in [0.2, 0.25) is 0 Å². The van der Waals surface area contributed by atoms with Crippen LogP contribution in [-0.2, 0) is 16.8 Å². The summed E-state index contributed by atoms with van der Waals surface area (Å²) in [4.78, 5) is 12.5. The van der Waals surface area contributed by atoms with Crippen LogP contribution in [0, 0.1) is 6.92 Å². The Morgan fingerprint density at radius 3 is 2.30 bits per heavy atom. The fourth-order valence-electron chi connectivity index (χ4n) is 3.27. The Morgan fingerprint density at radius 2 is 1.64 bits per heavy atom. The highest BCUT2D eigenvalue weighted by Crippen LogP contribution is 2.33. The van der Waals surface area contributed by atoms with Gasteiger partial charge in [-0.15, -0.1) is 0 Å². The lowest BCUT2D eigenvalue weighted by Crippen LogP contribution is -2.15. The van der Waals surface area contributed by atoms with Crippen LogP contribution in [-0.4, -0.2) is 13.1 Å². The predicted molar refractivity (Wildman–Crippen MR) is 133 cm³/mol. The maximum absolute atomic E-state index is 12.5. The van der Waals surface area contributed by atoms with E-state index in [-0.39, 0.29) is 5.41 Å². The van der Waals surface area contributed by atoms with Crippen molar-refractivity contribution in [3.63, 3.8) is 0 Å². The van der Waals surface area contributed by atoms with Gasteiger partial charge >= 0.3 is 5.97 Å². The molecule has 0 atom stereocenters. The van der Waals surface area contributed by atoms with Crippen molar-refractivity contribution in [2.24, 2.45) is 0 Å². The minimum Gasteiger partial charge on any atom is -0.493 e. The highest BCUT2D eigenvalue weighted by atomic mass is 35.5. The molecule has 0 amide bonds. The van der Waals surface area contributed by atoms with Crippen molar-refractivity contribution in [2.75, 3.05) is 7.11 Å². The highest BCUT2D eigenvalue weighted by molar-refractivity contribution is 6.30. The molecule has 3 aromatic rings. The SMILES string of the molecule is COc1cc(/C=C/C(=O)Oc2ccc(C)cc2C(C)(C)C)ccc1OCc1ccc(Cl)cc1. The van der Waals surface area contributed by atoms with Crippen molar-refractivity contribution in [3.8, 4) is 17.2 Å². The molecule has 0 aliphatic heterocycles. The molecule has 0 heterocycles. The third kappa shape index (κ3) is 6.87. The maximum atomic E-state index is 12.5. The molecule has 0 saturated heterocycles. The first-order valence-corrected chi connectivity index (χ1v) is 11.1. The quantitative estimate of drug-likeness (QED) is 0.211. The van der Waals surface area contributed by atoms with Crippen molar-refractivity contribution in [1.82, 2.24) is 0 Å². The monoisotopic (exact) mass is 464 g/mol. The lowest BCUT2D eigenvalue weighted by Gasteiger charge is -2.22. The smallest absolute Gasteiger partial charge is 0.336 e. The number of aryl methyl sites for hydroxylation is 1. The van der Waals surface area contributed by atoms with Crippen LogP contribution < -0.4 is 14.2 Å². The zero-order chi connectivity index (χ0) is 24.0. The first kappa shape index (κ1) is 24.4. The fourth-order valence-corrected chi connectivity index (χ4v) is 3.40. The molecule has 0 saturated carbocycles. The Kier molecular flexibility index (Phi) is 7.83. The summed E-state index contributed by atoms with van der Waals surface area (Å²) in [5, 5.41) is 0.683. The van der Waals surface area contributed by atoms with Crippen molar-refractivity contribution in [2.45, 2.75) is 39.7 Å². The Balaban J connectivity index is 1.68. The second kappa shape index (κ2) is 10.6. The number of benzene rings is 3. The molecule has 5 heteroatoms. The number of hydrogen-bond acceptors (Lipinski definition) is 4. The van der Waals surface area contributed by atoms with E-state index in [2.05, 4.69) is 26.8 Å². The topological polar surface area (TPSA) is 44.8 Å². The molecule has 0 aliphatic carbocycles.